The minimum atomic E-state index is 0.667. The molecule has 1 unspecified atom stereocenters. The first-order valence-corrected chi connectivity index (χ1v) is 6.85. The Bertz CT molecular complexity index is 323. The molecule has 0 aliphatic carbocycles. The highest BCUT2D eigenvalue weighted by atomic mass is 32.2. The van der Waals surface area contributed by atoms with E-state index < -0.39 is 0 Å². The Morgan fingerprint density at radius 2 is 2.12 bits per heavy atom. The van der Waals surface area contributed by atoms with Crippen LogP contribution in [0.25, 0.3) is 0 Å². The molecule has 1 fully saturated rings. The van der Waals surface area contributed by atoms with Gasteiger partial charge in [-0.3, -0.25) is 0 Å². The van der Waals surface area contributed by atoms with Gasteiger partial charge in [-0.05, 0) is 26.1 Å². The summed E-state index contributed by atoms with van der Waals surface area (Å²) in [6, 6.07) is 9.48. The first-order chi connectivity index (χ1) is 7.75. The van der Waals surface area contributed by atoms with Gasteiger partial charge in [-0.15, -0.1) is 11.8 Å². The maximum Gasteiger partial charge on any atom is 0.0312 e. The van der Waals surface area contributed by atoms with Crippen LogP contribution in [0.4, 0.5) is 0 Å². The third kappa shape index (κ3) is 3.24. The van der Waals surface area contributed by atoms with E-state index in [0.717, 1.165) is 13.1 Å². The number of likely N-dealkylation sites (N-methyl/N-ethyl adjacent to an activating group) is 1. The lowest BCUT2D eigenvalue weighted by Gasteiger charge is -2.32. The van der Waals surface area contributed by atoms with E-state index in [-0.39, 0.29) is 0 Å². The van der Waals surface area contributed by atoms with Gasteiger partial charge in [0.05, 0.1) is 0 Å². The maximum atomic E-state index is 3.46. The zero-order valence-electron chi connectivity index (χ0n) is 10.1. The van der Waals surface area contributed by atoms with E-state index >= 15 is 0 Å². The van der Waals surface area contributed by atoms with Gasteiger partial charge in [0, 0.05) is 36.3 Å². The van der Waals surface area contributed by atoms with E-state index in [2.05, 4.69) is 48.5 Å². The van der Waals surface area contributed by atoms with E-state index in [4.69, 9.17) is 0 Å². The number of rotatable bonds is 3. The molecule has 1 heterocycles. The Labute approximate surface area is 102 Å². The normalized spacial score (nSPS) is 22.2. The number of benzene rings is 1. The molecule has 16 heavy (non-hydrogen) atoms. The minimum absolute atomic E-state index is 0.667. The van der Waals surface area contributed by atoms with Crippen LogP contribution in [0.2, 0.25) is 0 Å². The lowest BCUT2D eigenvalue weighted by molar-refractivity contribution is 0.218. The zero-order valence-corrected chi connectivity index (χ0v) is 10.9. The van der Waals surface area contributed by atoms with Crippen molar-refractivity contribution in [1.29, 1.82) is 0 Å². The molecule has 0 aromatic heterocycles. The second kappa shape index (κ2) is 5.71. The summed E-state index contributed by atoms with van der Waals surface area (Å²) >= 11 is 1.96. The van der Waals surface area contributed by atoms with Crippen molar-refractivity contribution >= 4 is 11.8 Å². The lowest BCUT2D eigenvalue weighted by atomic mass is 10.2. The third-order valence-electron chi connectivity index (χ3n) is 3.11. The number of thioether (sulfide) groups is 1. The van der Waals surface area contributed by atoms with Crippen LogP contribution < -0.4 is 5.32 Å². The molecule has 2 rings (SSSR count). The number of hydrogen-bond acceptors (Lipinski definition) is 3. The highest BCUT2D eigenvalue weighted by Gasteiger charge is 2.18. The third-order valence-corrected chi connectivity index (χ3v) is 4.26. The van der Waals surface area contributed by atoms with E-state index in [9.17, 15) is 0 Å². The van der Waals surface area contributed by atoms with Gasteiger partial charge in [-0.25, -0.2) is 0 Å². The van der Waals surface area contributed by atoms with Crippen molar-refractivity contribution in [2.45, 2.75) is 17.9 Å². The standard InChI is InChI=1S/C13H20N2S/c1-11-3-5-13(6-4-11)16-10-12-9-14-7-8-15(12)2/h3-6,12,14H,7-10H2,1-2H3. The highest BCUT2D eigenvalue weighted by molar-refractivity contribution is 7.99. The molecule has 1 aliphatic heterocycles. The van der Waals surface area contributed by atoms with Crippen molar-refractivity contribution < 1.29 is 0 Å². The first-order valence-electron chi connectivity index (χ1n) is 5.86. The van der Waals surface area contributed by atoms with Crippen molar-refractivity contribution in [2.75, 3.05) is 32.4 Å². The average Bonchev–Trinajstić information content (AvgIpc) is 2.30. The first kappa shape index (κ1) is 12.0. The van der Waals surface area contributed by atoms with Crippen LogP contribution in [0.3, 0.4) is 0 Å². The van der Waals surface area contributed by atoms with Gasteiger partial charge in [0.15, 0.2) is 0 Å². The minimum Gasteiger partial charge on any atom is -0.314 e. The molecule has 1 aliphatic rings. The van der Waals surface area contributed by atoms with Crippen molar-refractivity contribution in [3.63, 3.8) is 0 Å². The molecule has 88 valence electrons. The van der Waals surface area contributed by atoms with Crippen LogP contribution in [0.15, 0.2) is 29.2 Å². The summed E-state index contributed by atoms with van der Waals surface area (Å²) in [5.41, 5.74) is 1.33. The smallest absolute Gasteiger partial charge is 0.0312 e. The Morgan fingerprint density at radius 3 is 2.81 bits per heavy atom. The topological polar surface area (TPSA) is 15.3 Å². The van der Waals surface area contributed by atoms with E-state index in [0.29, 0.717) is 6.04 Å². The number of aryl methyl sites for hydroxylation is 1. The number of nitrogens with zero attached hydrogens (tertiary/aromatic N) is 1. The number of nitrogens with one attached hydrogen (secondary N) is 1. The van der Waals surface area contributed by atoms with Crippen molar-refractivity contribution in [3.05, 3.63) is 29.8 Å². The van der Waals surface area contributed by atoms with Gasteiger partial charge in [-0.2, -0.15) is 0 Å². The summed E-state index contributed by atoms with van der Waals surface area (Å²) in [6.45, 7) is 5.55. The molecule has 1 aromatic carbocycles. The highest BCUT2D eigenvalue weighted by Crippen LogP contribution is 2.20. The number of piperazine rings is 1. The quantitative estimate of drug-likeness (QED) is 0.808. The molecule has 2 nitrogen and oxygen atoms in total. The van der Waals surface area contributed by atoms with Crippen LogP contribution >= 0.6 is 11.8 Å². The molecule has 1 saturated heterocycles. The van der Waals surface area contributed by atoms with E-state index in [1.807, 2.05) is 11.8 Å². The number of hydrogen-bond donors (Lipinski definition) is 1. The predicted molar refractivity (Wildman–Crippen MR) is 71.2 cm³/mol. The fraction of sp³-hybridized carbons (Fsp3) is 0.538. The van der Waals surface area contributed by atoms with Gasteiger partial charge in [0.1, 0.15) is 0 Å². The van der Waals surface area contributed by atoms with Gasteiger partial charge in [-0.1, -0.05) is 17.7 Å². The Balaban J connectivity index is 1.84. The van der Waals surface area contributed by atoms with Crippen molar-refractivity contribution in [1.82, 2.24) is 10.2 Å². The molecule has 1 N–H and O–H groups in total. The molecular formula is C13H20N2S. The maximum absolute atomic E-state index is 3.46. The summed E-state index contributed by atoms with van der Waals surface area (Å²) < 4.78 is 0. The Kier molecular flexibility index (Phi) is 4.27. The second-order valence-electron chi connectivity index (χ2n) is 4.46. The molecule has 0 radical (unpaired) electrons. The van der Waals surface area contributed by atoms with Crippen LogP contribution in [0, 0.1) is 6.92 Å². The molecule has 0 saturated carbocycles. The van der Waals surface area contributed by atoms with Gasteiger partial charge in [0.2, 0.25) is 0 Å². The molecule has 0 spiro atoms. The van der Waals surface area contributed by atoms with Gasteiger partial charge >= 0.3 is 0 Å². The van der Waals surface area contributed by atoms with Crippen molar-refractivity contribution in [2.24, 2.45) is 0 Å². The van der Waals surface area contributed by atoms with Gasteiger partial charge < -0.3 is 10.2 Å². The van der Waals surface area contributed by atoms with Crippen LogP contribution in [0.1, 0.15) is 5.56 Å². The van der Waals surface area contributed by atoms with E-state index in [1.165, 1.54) is 22.8 Å². The Morgan fingerprint density at radius 1 is 1.38 bits per heavy atom. The predicted octanol–water partition coefficient (Wildman–Crippen LogP) is 1.99. The molecule has 1 atom stereocenters. The fourth-order valence-electron chi connectivity index (χ4n) is 1.88. The summed E-state index contributed by atoms with van der Waals surface area (Å²) in [5.74, 6) is 1.17. The molecule has 3 heteroatoms. The average molecular weight is 236 g/mol. The molecule has 1 aromatic rings. The zero-order chi connectivity index (χ0) is 11.4. The molecule has 0 bridgehead atoms. The van der Waals surface area contributed by atoms with E-state index in [1.54, 1.807) is 0 Å². The largest absolute Gasteiger partial charge is 0.314 e. The summed E-state index contributed by atoms with van der Waals surface area (Å²) in [7, 11) is 2.22. The Hall–Kier alpha value is -0.510. The summed E-state index contributed by atoms with van der Waals surface area (Å²) in [4.78, 5) is 3.84. The monoisotopic (exact) mass is 236 g/mol. The van der Waals surface area contributed by atoms with Crippen molar-refractivity contribution in [3.8, 4) is 0 Å². The van der Waals surface area contributed by atoms with Crippen LogP contribution in [-0.4, -0.2) is 43.4 Å². The van der Waals surface area contributed by atoms with Gasteiger partial charge in [0.25, 0.3) is 0 Å². The fourth-order valence-corrected chi connectivity index (χ4v) is 2.96. The SMILES string of the molecule is Cc1ccc(SCC2CNCCN2C)cc1. The summed E-state index contributed by atoms with van der Waals surface area (Å²) in [6.07, 6.45) is 0. The summed E-state index contributed by atoms with van der Waals surface area (Å²) in [5, 5.41) is 3.46. The second-order valence-corrected chi connectivity index (χ2v) is 5.56. The van der Waals surface area contributed by atoms with Crippen LogP contribution in [0.5, 0.6) is 0 Å². The lowest BCUT2D eigenvalue weighted by Crippen LogP contribution is -2.50. The molecular weight excluding hydrogens is 216 g/mol. The van der Waals surface area contributed by atoms with Crippen LogP contribution in [-0.2, 0) is 0 Å². The molecule has 0 amide bonds.